The van der Waals surface area contributed by atoms with Crippen LogP contribution < -0.4 is 10.6 Å². The maximum Gasteiger partial charge on any atom is 0.237 e. The van der Waals surface area contributed by atoms with Gasteiger partial charge < -0.3 is 10.6 Å². The lowest BCUT2D eigenvalue weighted by Crippen LogP contribution is -2.53. The maximum absolute atomic E-state index is 11.6. The molecule has 2 unspecified atom stereocenters. The van der Waals surface area contributed by atoms with E-state index in [0.717, 1.165) is 19.5 Å². The highest BCUT2D eigenvalue weighted by molar-refractivity contribution is 5.82. The number of hydrogen-bond acceptors (Lipinski definition) is 2. The van der Waals surface area contributed by atoms with Crippen LogP contribution in [0.1, 0.15) is 24.8 Å². The minimum Gasteiger partial charge on any atom is -0.353 e. The van der Waals surface area contributed by atoms with Gasteiger partial charge in [0.05, 0.1) is 6.04 Å². The molecule has 1 saturated heterocycles. The first kappa shape index (κ1) is 11.1. The topological polar surface area (TPSA) is 41.1 Å². The molecule has 1 fully saturated rings. The number of nitrogens with one attached hydrogen (secondary N) is 2. The van der Waals surface area contributed by atoms with Crippen molar-refractivity contribution in [3.63, 3.8) is 0 Å². The molecule has 2 N–H and O–H groups in total. The standard InChI is InChI=1S/C13H18N2O/c1-10(11-5-3-2-4-6-11)9-12-13(16)15-8-7-14-12/h2-6,10,12,14H,7-9H2,1H3,(H,15,16). The second-order valence-corrected chi connectivity index (χ2v) is 4.35. The highest BCUT2D eigenvalue weighted by Crippen LogP contribution is 2.20. The molecule has 0 saturated carbocycles. The van der Waals surface area contributed by atoms with E-state index >= 15 is 0 Å². The number of benzene rings is 1. The van der Waals surface area contributed by atoms with Gasteiger partial charge in [0.15, 0.2) is 0 Å². The average molecular weight is 218 g/mol. The molecule has 0 aromatic heterocycles. The number of amides is 1. The van der Waals surface area contributed by atoms with Crippen molar-refractivity contribution in [3.8, 4) is 0 Å². The molecule has 1 heterocycles. The first-order valence-electron chi connectivity index (χ1n) is 5.83. The van der Waals surface area contributed by atoms with Gasteiger partial charge in [0.2, 0.25) is 5.91 Å². The number of carbonyl (C=O) groups excluding carboxylic acids is 1. The molecule has 3 heteroatoms. The molecule has 0 aliphatic carbocycles. The summed E-state index contributed by atoms with van der Waals surface area (Å²) in [7, 11) is 0. The Labute approximate surface area is 96.2 Å². The summed E-state index contributed by atoms with van der Waals surface area (Å²) in [4.78, 5) is 11.6. The molecule has 86 valence electrons. The van der Waals surface area contributed by atoms with E-state index in [1.54, 1.807) is 0 Å². The number of hydrogen-bond donors (Lipinski definition) is 2. The highest BCUT2D eigenvalue weighted by atomic mass is 16.2. The maximum atomic E-state index is 11.6. The van der Waals surface area contributed by atoms with Crippen molar-refractivity contribution in [2.75, 3.05) is 13.1 Å². The third-order valence-corrected chi connectivity index (χ3v) is 3.09. The van der Waals surface area contributed by atoms with Crippen LogP contribution in [0, 0.1) is 0 Å². The highest BCUT2D eigenvalue weighted by Gasteiger charge is 2.23. The first-order chi connectivity index (χ1) is 7.77. The Balaban J connectivity index is 1.96. The van der Waals surface area contributed by atoms with E-state index < -0.39 is 0 Å². The van der Waals surface area contributed by atoms with Crippen LogP contribution in [0.2, 0.25) is 0 Å². The van der Waals surface area contributed by atoms with E-state index in [9.17, 15) is 4.79 Å². The molecule has 0 radical (unpaired) electrons. The smallest absolute Gasteiger partial charge is 0.237 e. The normalized spacial score (nSPS) is 22.6. The van der Waals surface area contributed by atoms with Crippen LogP contribution in [0.15, 0.2) is 30.3 Å². The van der Waals surface area contributed by atoms with Gasteiger partial charge in [-0.1, -0.05) is 37.3 Å². The zero-order chi connectivity index (χ0) is 11.4. The number of rotatable bonds is 3. The summed E-state index contributed by atoms with van der Waals surface area (Å²) in [6.45, 7) is 3.78. The van der Waals surface area contributed by atoms with Crippen LogP contribution >= 0.6 is 0 Å². The Morgan fingerprint density at radius 3 is 2.75 bits per heavy atom. The van der Waals surface area contributed by atoms with Gasteiger partial charge in [-0.15, -0.1) is 0 Å². The van der Waals surface area contributed by atoms with Gasteiger partial charge in [-0.3, -0.25) is 4.79 Å². The van der Waals surface area contributed by atoms with Crippen molar-refractivity contribution in [1.82, 2.24) is 10.6 Å². The zero-order valence-electron chi connectivity index (χ0n) is 9.57. The summed E-state index contributed by atoms with van der Waals surface area (Å²) in [6.07, 6.45) is 0.857. The molecule has 1 aromatic rings. The molecule has 1 aliphatic heterocycles. The van der Waals surface area contributed by atoms with Crippen molar-refractivity contribution in [2.45, 2.75) is 25.3 Å². The fourth-order valence-electron chi connectivity index (χ4n) is 2.11. The van der Waals surface area contributed by atoms with E-state index in [0.29, 0.717) is 5.92 Å². The van der Waals surface area contributed by atoms with Gasteiger partial charge in [0.1, 0.15) is 0 Å². The van der Waals surface area contributed by atoms with Gasteiger partial charge in [0, 0.05) is 13.1 Å². The summed E-state index contributed by atoms with van der Waals surface area (Å²) in [6, 6.07) is 10.3. The lowest BCUT2D eigenvalue weighted by atomic mass is 9.93. The van der Waals surface area contributed by atoms with Crippen LogP contribution in [-0.2, 0) is 4.79 Å². The number of carbonyl (C=O) groups is 1. The Bertz CT molecular complexity index is 350. The van der Waals surface area contributed by atoms with Crippen molar-refractivity contribution >= 4 is 5.91 Å². The summed E-state index contributed by atoms with van der Waals surface area (Å²) in [5.74, 6) is 0.539. The summed E-state index contributed by atoms with van der Waals surface area (Å²) >= 11 is 0. The number of piperazine rings is 1. The molecule has 0 spiro atoms. The average Bonchev–Trinajstić information content (AvgIpc) is 2.33. The Kier molecular flexibility index (Phi) is 3.57. The third-order valence-electron chi connectivity index (χ3n) is 3.09. The fourth-order valence-corrected chi connectivity index (χ4v) is 2.11. The molecule has 1 aromatic carbocycles. The molecular formula is C13H18N2O. The van der Waals surface area contributed by atoms with Crippen molar-refractivity contribution in [3.05, 3.63) is 35.9 Å². The van der Waals surface area contributed by atoms with Crippen LogP contribution in [0.3, 0.4) is 0 Å². The van der Waals surface area contributed by atoms with Crippen molar-refractivity contribution in [1.29, 1.82) is 0 Å². The fraction of sp³-hybridized carbons (Fsp3) is 0.462. The lowest BCUT2D eigenvalue weighted by Gasteiger charge is -2.26. The van der Waals surface area contributed by atoms with Crippen LogP contribution in [0.5, 0.6) is 0 Å². The van der Waals surface area contributed by atoms with Gasteiger partial charge in [0.25, 0.3) is 0 Å². The quantitative estimate of drug-likeness (QED) is 0.802. The summed E-state index contributed by atoms with van der Waals surface area (Å²) in [5, 5.41) is 6.14. The molecular weight excluding hydrogens is 200 g/mol. The minimum absolute atomic E-state index is 0.0380. The van der Waals surface area contributed by atoms with Gasteiger partial charge in [-0.2, -0.15) is 0 Å². The molecule has 2 atom stereocenters. The second-order valence-electron chi connectivity index (χ2n) is 4.35. The van der Waals surface area contributed by atoms with Crippen LogP contribution in [0.4, 0.5) is 0 Å². The molecule has 2 rings (SSSR count). The van der Waals surface area contributed by atoms with Crippen molar-refractivity contribution in [2.24, 2.45) is 0 Å². The van der Waals surface area contributed by atoms with E-state index in [4.69, 9.17) is 0 Å². The van der Waals surface area contributed by atoms with E-state index in [1.807, 2.05) is 18.2 Å². The second kappa shape index (κ2) is 5.12. The first-order valence-corrected chi connectivity index (χ1v) is 5.83. The van der Waals surface area contributed by atoms with Crippen molar-refractivity contribution < 1.29 is 4.79 Å². The van der Waals surface area contributed by atoms with Crippen LogP contribution in [-0.4, -0.2) is 25.0 Å². The monoisotopic (exact) mass is 218 g/mol. The SMILES string of the molecule is CC(CC1NCCNC1=O)c1ccccc1. The Morgan fingerprint density at radius 1 is 1.31 bits per heavy atom. The van der Waals surface area contributed by atoms with Crippen LogP contribution in [0.25, 0.3) is 0 Å². The predicted molar refractivity (Wildman–Crippen MR) is 64.3 cm³/mol. The molecule has 16 heavy (non-hydrogen) atoms. The van der Waals surface area contributed by atoms with E-state index in [-0.39, 0.29) is 11.9 Å². The molecule has 1 aliphatic rings. The largest absolute Gasteiger partial charge is 0.353 e. The molecule has 3 nitrogen and oxygen atoms in total. The Hall–Kier alpha value is -1.35. The van der Waals surface area contributed by atoms with E-state index in [2.05, 4.69) is 29.7 Å². The lowest BCUT2D eigenvalue weighted by molar-refractivity contribution is -0.124. The Morgan fingerprint density at radius 2 is 2.06 bits per heavy atom. The molecule has 0 bridgehead atoms. The summed E-state index contributed by atoms with van der Waals surface area (Å²) in [5.41, 5.74) is 1.29. The van der Waals surface area contributed by atoms with Gasteiger partial charge >= 0.3 is 0 Å². The van der Waals surface area contributed by atoms with E-state index in [1.165, 1.54) is 5.56 Å². The van der Waals surface area contributed by atoms with Gasteiger partial charge in [-0.25, -0.2) is 0 Å². The zero-order valence-corrected chi connectivity index (χ0v) is 9.57. The van der Waals surface area contributed by atoms with Gasteiger partial charge in [-0.05, 0) is 17.9 Å². The minimum atomic E-state index is -0.0380. The summed E-state index contributed by atoms with van der Waals surface area (Å²) < 4.78 is 0. The molecule has 1 amide bonds. The third kappa shape index (κ3) is 2.61. The predicted octanol–water partition coefficient (Wildman–Crippen LogP) is 1.27.